The van der Waals surface area contributed by atoms with Crippen LogP contribution in [0.1, 0.15) is 6.92 Å². The molecule has 3 aromatic rings. The second kappa shape index (κ2) is 6.74. The molecule has 126 valence electrons. The topological polar surface area (TPSA) is 56.1 Å². The maximum atomic E-state index is 13.0. The third kappa shape index (κ3) is 3.12. The molecule has 0 spiro atoms. The van der Waals surface area contributed by atoms with Crippen LogP contribution in [0.2, 0.25) is 0 Å². The summed E-state index contributed by atoms with van der Waals surface area (Å²) in [7, 11) is -5.05. The highest BCUT2D eigenvalue weighted by molar-refractivity contribution is 9.10. The van der Waals surface area contributed by atoms with E-state index >= 15 is 0 Å². The summed E-state index contributed by atoms with van der Waals surface area (Å²) in [5.41, 5.74) is 0.509. The van der Waals surface area contributed by atoms with Gasteiger partial charge in [0.1, 0.15) is 0 Å². The zero-order valence-corrected chi connectivity index (χ0v) is 17.4. The first-order valence-corrected chi connectivity index (χ1v) is 11.4. The highest BCUT2D eigenvalue weighted by Gasteiger charge is 2.23. The quantitative estimate of drug-likeness (QED) is 0.539. The molecule has 0 fully saturated rings. The first kappa shape index (κ1) is 17.8. The molecular formula is C16H13Br2NO3S2. The lowest BCUT2D eigenvalue weighted by molar-refractivity contribution is 0.589. The van der Waals surface area contributed by atoms with Crippen molar-refractivity contribution >= 4 is 63.6 Å². The number of halogens is 2. The van der Waals surface area contributed by atoms with Crippen LogP contribution in [-0.4, -0.2) is 22.4 Å². The van der Waals surface area contributed by atoms with Gasteiger partial charge in [0.2, 0.25) is 0 Å². The molecule has 4 nitrogen and oxygen atoms in total. The highest BCUT2D eigenvalue weighted by atomic mass is 79.9. The fourth-order valence-corrected chi connectivity index (χ4v) is 5.76. The summed E-state index contributed by atoms with van der Waals surface area (Å²) in [6, 6.07) is 11.8. The Balaban J connectivity index is 2.32. The first-order chi connectivity index (χ1) is 11.3. The van der Waals surface area contributed by atoms with Gasteiger partial charge >= 0.3 is 0 Å². The Bertz CT molecular complexity index is 1060. The van der Waals surface area contributed by atoms with Gasteiger partial charge in [0.25, 0.3) is 10.0 Å². The lowest BCUT2D eigenvalue weighted by Crippen LogP contribution is -2.11. The van der Waals surface area contributed by atoms with Crippen molar-refractivity contribution in [3.8, 4) is 0 Å². The Morgan fingerprint density at radius 1 is 1.08 bits per heavy atom. The van der Waals surface area contributed by atoms with Crippen molar-refractivity contribution in [1.29, 1.82) is 0 Å². The van der Waals surface area contributed by atoms with Gasteiger partial charge in [-0.2, -0.15) is 0 Å². The molecule has 1 aromatic heterocycles. The van der Waals surface area contributed by atoms with Gasteiger partial charge in [-0.05, 0) is 36.4 Å². The number of hydrogen-bond acceptors (Lipinski definition) is 3. The van der Waals surface area contributed by atoms with Crippen molar-refractivity contribution in [3.63, 3.8) is 0 Å². The Labute approximate surface area is 159 Å². The summed E-state index contributed by atoms with van der Waals surface area (Å²) in [4.78, 5) is 0.692. The lowest BCUT2D eigenvalue weighted by atomic mass is 10.2. The van der Waals surface area contributed by atoms with Crippen LogP contribution in [0, 0.1) is 0 Å². The maximum absolute atomic E-state index is 13.0. The van der Waals surface area contributed by atoms with Gasteiger partial charge < -0.3 is 0 Å². The lowest BCUT2D eigenvalue weighted by Gasteiger charge is -2.08. The fraction of sp³-hybridized carbons (Fsp3) is 0.125. The van der Waals surface area contributed by atoms with E-state index in [9.17, 15) is 12.6 Å². The molecule has 0 aliphatic heterocycles. The normalized spacial score (nSPS) is 13.3. The van der Waals surface area contributed by atoms with Crippen molar-refractivity contribution < 1.29 is 12.6 Å². The summed E-state index contributed by atoms with van der Waals surface area (Å²) in [5, 5.41) is 0.670. The van der Waals surface area contributed by atoms with Gasteiger partial charge in [-0.15, -0.1) is 0 Å². The fourth-order valence-electron chi connectivity index (χ4n) is 2.42. The molecule has 24 heavy (non-hydrogen) atoms. The molecule has 8 heteroatoms. The molecule has 0 N–H and O–H groups in total. The zero-order valence-electron chi connectivity index (χ0n) is 12.6. The van der Waals surface area contributed by atoms with E-state index in [1.807, 2.05) is 0 Å². The van der Waals surface area contributed by atoms with Gasteiger partial charge in [-0.3, -0.25) is 4.21 Å². The van der Waals surface area contributed by atoms with Gasteiger partial charge in [0, 0.05) is 26.3 Å². The van der Waals surface area contributed by atoms with E-state index in [1.54, 1.807) is 49.4 Å². The van der Waals surface area contributed by atoms with Gasteiger partial charge in [0.05, 0.1) is 26.1 Å². The van der Waals surface area contributed by atoms with Crippen molar-refractivity contribution in [3.05, 3.63) is 57.6 Å². The molecule has 1 atom stereocenters. The van der Waals surface area contributed by atoms with Crippen molar-refractivity contribution in [1.82, 2.24) is 3.97 Å². The molecule has 0 radical (unpaired) electrons. The van der Waals surface area contributed by atoms with Crippen LogP contribution in [-0.2, 0) is 20.8 Å². The van der Waals surface area contributed by atoms with E-state index in [0.29, 0.717) is 26.0 Å². The third-order valence-corrected chi connectivity index (χ3v) is 7.55. The van der Waals surface area contributed by atoms with Gasteiger partial charge in [0.15, 0.2) is 0 Å². The van der Waals surface area contributed by atoms with Crippen LogP contribution < -0.4 is 0 Å². The Kier molecular flexibility index (Phi) is 5.01. The third-order valence-electron chi connectivity index (χ3n) is 3.56. The van der Waals surface area contributed by atoms with Crippen molar-refractivity contribution in [2.75, 3.05) is 5.75 Å². The number of nitrogens with zero attached hydrogens (tertiary/aromatic N) is 1. The molecule has 0 saturated carbocycles. The van der Waals surface area contributed by atoms with E-state index in [1.165, 1.54) is 10.2 Å². The second-order valence-electron chi connectivity index (χ2n) is 5.05. The average molecular weight is 491 g/mol. The minimum absolute atomic E-state index is 0.172. The summed E-state index contributed by atoms with van der Waals surface area (Å²) in [6.07, 6.45) is 1.47. The number of aromatic nitrogens is 1. The molecule has 0 amide bonds. The number of benzene rings is 2. The summed E-state index contributed by atoms with van der Waals surface area (Å²) in [6.45, 7) is 1.81. The molecular weight excluding hydrogens is 478 g/mol. The Hall–Kier alpha value is -0.960. The smallest absolute Gasteiger partial charge is 0.254 e. The van der Waals surface area contributed by atoms with E-state index in [2.05, 4.69) is 31.9 Å². The van der Waals surface area contributed by atoms with Crippen LogP contribution in [0.5, 0.6) is 0 Å². The predicted molar refractivity (Wildman–Crippen MR) is 103 cm³/mol. The molecule has 3 rings (SSSR count). The number of hydrogen-bond donors (Lipinski definition) is 0. The monoisotopic (exact) mass is 489 g/mol. The van der Waals surface area contributed by atoms with Crippen LogP contribution >= 0.6 is 31.9 Å². The van der Waals surface area contributed by atoms with E-state index in [4.69, 9.17) is 0 Å². The van der Waals surface area contributed by atoms with E-state index in [0.717, 1.165) is 4.47 Å². The van der Waals surface area contributed by atoms with Crippen LogP contribution in [0.25, 0.3) is 10.9 Å². The minimum Gasteiger partial charge on any atom is -0.254 e. The molecule has 0 aliphatic carbocycles. The second-order valence-corrected chi connectivity index (χ2v) is 10.4. The largest absolute Gasteiger partial charge is 0.268 e. The summed E-state index contributed by atoms with van der Waals surface area (Å²) < 4.78 is 41.1. The van der Waals surface area contributed by atoms with Crippen molar-refractivity contribution in [2.45, 2.75) is 16.7 Å². The van der Waals surface area contributed by atoms with E-state index < -0.39 is 20.8 Å². The standard InChI is InChI=1S/C16H13Br2NO3S2/c1-2-23(20)16-10-19(15-7-6-12(18)9-14(15)16)24(21,22)13-5-3-4-11(17)8-13/h3-10H,2H2,1H3. The molecule has 0 saturated heterocycles. The first-order valence-electron chi connectivity index (χ1n) is 7.04. The number of fused-ring (bicyclic) bond motifs is 1. The predicted octanol–water partition coefficient (Wildman–Crippen LogP) is 4.53. The molecule has 0 aliphatic rings. The molecule has 1 heterocycles. The minimum atomic E-state index is -3.78. The van der Waals surface area contributed by atoms with Crippen LogP contribution in [0.3, 0.4) is 0 Å². The van der Waals surface area contributed by atoms with Gasteiger partial charge in [-0.1, -0.05) is 44.8 Å². The van der Waals surface area contributed by atoms with Crippen LogP contribution in [0.15, 0.2) is 67.4 Å². The van der Waals surface area contributed by atoms with Crippen LogP contribution in [0.4, 0.5) is 0 Å². The average Bonchev–Trinajstić information content (AvgIpc) is 2.93. The Morgan fingerprint density at radius 3 is 2.46 bits per heavy atom. The SMILES string of the molecule is CCS(=O)c1cn(S(=O)(=O)c2cccc(Br)c2)c2ccc(Br)cc12. The van der Waals surface area contributed by atoms with E-state index in [-0.39, 0.29) is 4.90 Å². The molecule has 0 bridgehead atoms. The van der Waals surface area contributed by atoms with Crippen molar-refractivity contribution in [2.24, 2.45) is 0 Å². The highest BCUT2D eigenvalue weighted by Crippen LogP contribution is 2.31. The molecule has 2 aromatic carbocycles. The Morgan fingerprint density at radius 2 is 1.79 bits per heavy atom. The summed E-state index contributed by atoms with van der Waals surface area (Å²) >= 11 is 6.69. The maximum Gasteiger partial charge on any atom is 0.268 e. The molecule has 1 unspecified atom stereocenters. The van der Waals surface area contributed by atoms with Gasteiger partial charge in [-0.25, -0.2) is 12.4 Å². The summed E-state index contributed by atoms with van der Waals surface area (Å²) in [5.74, 6) is 0.419. The number of rotatable bonds is 4. The zero-order chi connectivity index (χ0) is 17.5.